The summed E-state index contributed by atoms with van der Waals surface area (Å²) in [6.07, 6.45) is 1.49. The SMILES string of the molecule is N/N=C/c1cccc(Br)n1. The molecule has 0 aromatic carbocycles. The number of hydrogen-bond donors (Lipinski definition) is 1. The Morgan fingerprint density at radius 1 is 1.60 bits per heavy atom. The Morgan fingerprint density at radius 2 is 2.40 bits per heavy atom. The van der Waals surface area contributed by atoms with E-state index in [1.54, 1.807) is 0 Å². The molecule has 0 saturated heterocycles. The van der Waals surface area contributed by atoms with Gasteiger partial charge >= 0.3 is 0 Å². The predicted molar refractivity (Wildman–Crippen MR) is 43.7 cm³/mol. The van der Waals surface area contributed by atoms with Crippen LogP contribution in [0.3, 0.4) is 0 Å². The second-order valence-corrected chi connectivity index (χ2v) is 2.48. The van der Waals surface area contributed by atoms with Crippen molar-refractivity contribution in [2.45, 2.75) is 0 Å². The van der Waals surface area contributed by atoms with Gasteiger partial charge in [0.05, 0.1) is 11.9 Å². The predicted octanol–water partition coefficient (Wildman–Crippen LogP) is 1.14. The van der Waals surface area contributed by atoms with Crippen molar-refractivity contribution < 1.29 is 0 Å². The standard InChI is InChI=1S/C6H6BrN3/c7-6-3-1-2-5(10-6)4-9-8/h1-4H,8H2/b9-4+. The molecule has 1 aromatic heterocycles. The molecule has 1 heterocycles. The molecule has 10 heavy (non-hydrogen) atoms. The van der Waals surface area contributed by atoms with Crippen LogP contribution in [0.5, 0.6) is 0 Å². The van der Waals surface area contributed by atoms with Crippen LogP contribution in [-0.4, -0.2) is 11.2 Å². The number of rotatable bonds is 1. The van der Waals surface area contributed by atoms with Gasteiger partial charge in [0.15, 0.2) is 0 Å². The van der Waals surface area contributed by atoms with E-state index in [4.69, 9.17) is 5.84 Å². The highest BCUT2D eigenvalue weighted by Gasteiger charge is 1.88. The molecule has 0 fully saturated rings. The fraction of sp³-hybridized carbons (Fsp3) is 0. The third kappa shape index (κ3) is 1.80. The summed E-state index contributed by atoms with van der Waals surface area (Å²) in [5.74, 6) is 4.92. The second-order valence-electron chi connectivity index (χ2n) is 1.66. The third-order valence-corrected chi connectivity index (χ3v) is 1.39. The van der Waals surface area contributed by atoms with Crippen LogP contribution in [0.2, 0.25) is 0 Å². The van der Waals surface area contributed by atoms with Gasteiger partial charge in [-0.05, 0) is 28.1 Å². The highest BCUT2D eigenvalue weighted by atomic mass is 79.9. The van der Waals surface area contributed by atoms with Crippen LogP contribution in [0.1, 0.15) is 5.69 Å². The Labute approximate surface area is 67.1 Å². The average Bonchev–Trinajstić information content (AvgIpc) is 1.88. The number of hydrogen-bond acceptors (Lipinski definition) is 3. The zero-order valence-electron chi connectivity index (χ0n) is 5.16. The van der Waals surface area contributed by atoms with Crippen molar-refractivity contribution in [3.8, 4) is 0 Å². The molecule has 1 rings (SSSR count). The molecule has 4 heteroatoms. The van der Waals surface area contributed by atoms with E-state index in [1.165, 1.54) is 6.21 Å². The van der Waals surface area contributed by atoms with E-state index in [2.05, 4.69) is 26.0 Å². The first-order valence-electron chi connectivity index (χ1n) is 2.69. The van der Waals surface area contributed by atoms with Gasteiger partial charge in [-0.2, -0.15) is 5.10 Å². The van der Waals surface area contributed by atoms with E-state index >= 15 is 0 Å². The van der Waals surface area contributed by atoms with Crippen LogP contribution < -0.4 is 5.84 Å². The van der Waals surface area contributed by atoms with Crippen LogP contribution in [0, 0.1) is 0 Å². The summed E-state index contributed by atoms with van der Waals surface area (Å²) in [4.78, 5) is 4.05. The molecule has 0 amide bonds. The molecule has 0 atom stereocenters. The lowest BCUT2D eigenvalue weighted by Gasteiger charge is -1.90. The Kier molecular flexibility index (Phi) is 2.39. The molecule has 0 unspecified atom stereocenters. The van der Waals surface area contributed by atoms with Crippen molar-refractivity contribution >= 4 is 22.1 Å². The number of nitrogens with two attached hydrogens (primary N) is 1. The molecule has 1 aromatic rings. The summed E-state index contributed by atoms with van der Waals surface area (Å²) in [6, 6.07) is 5.53. The molecule has 0 saturated carbocycles. The zero-order valence-corrected chi connectivity index (χ0v) is 6.75. The van der Waals surface area contributed by atoms with Gasteiger partial charge in [-0.25, -0.2) is 4.98 Å². The fourth-order valence-corrected chi connectivity index (χ4v) is 0.930. The van der Waals surface area contributed by atoms with Gasteiger partial charge in [0.2, 0.25) is 0 Å². The molecule has 2 N–H and O–H groups in total. The van der Waals surface area contributed by atoms with Crippen molar-refractivity contribution in [3.05, 3.63) is 28.5 Å². The monoisotopic (exact) mass is 199 g/mol. The first-order chi connectivity index (χ1) is 4.83. The molecular formula is C6H6BrN3. The maximum absolute atomic E-state index is 4.92. The normalized spacial score (nSPS) is 10.5. The Balaban J connectivity index is 2.95. The van der Waals surface area contributed by atoms with Crippen LogP contribution in [0.15, 0.2) is 27.9 Å². The maximum Gasteiger partial charge on any atom is 0.106 e. The van der Waals surface area contributed by atoms with Crippen molar-refractivity contribution in [2.24, 2.45) is 10.9 Å². The number of nitrogens with zero attached hydrogens (tertiary/aromatic N) is 2. The minimum Gasteiger partial charge on any atom is -0.323 e. The first kappa shape index (κ1) is 7.21. The van der Waals surface area contributed by atoms with Crippen molar-refractivity contribution in [1.82, 2.24) is 4.98 Å². The molecule has 0 spiro atoms. The summed E-state index contributed by atoms with van der Waals surface area (Å²) in [5.41, 5.74) is 0.747. The molecule has 0 aliphatic rings. The Morgan fingerprint density at radius 3 is 3.00 bits per heavy atom. The maximum atomic E-state index is 4.92. The molecule has 0 aliphatic heterocycles. The molecule has 0 aliphatic carbocycles. The summed E-state index contributed by atoms with van der Waals surface area (Å²) in [6.45, 7) is 0. The average molecular weight is 200 g/mol. The van der Waals surface area contributed by atoms with Crippen LogP contribution in [-0.2, 0) is 0 Å². The smallest absolute Gasteiger partial charge is 0.106 e. The van der Waals surface area contributed by atoms with Crippen LogP contribution >= 0.6 is 15.9 Å². The highest BCUT2D eigenvalue weighted by Crippen LogP contribution is 2.04. The van der Waals surface area contributed by atoms with Gasteiger partial charge in [0.25, 0.3) is 0 Å². The Bertz CT molecular complexity index is 247. The molecular weight excluding hydrogens is 194 g/mol. The third-order valence-electron chi connectivity index (χ3n) is 0.943. The van der Waals surface area contributed by atoms with E-state index in [0.29, 0.717) is 0 Å². The van der Waals surface area contributed by atoms with Crippen LogP contribution in [0.4, 0.5) is 0 Å². The van der Waals surface area contributed by atoms with Gasteiger partial charge in [-0.3, -0.25) is 0 Å². The minimum absolute atomic E-state index is 0.747. The lowest BCUT2D eigenvalue weighted by Crippen LogP contribution is -1.89. The van der Waals surface area contributed by atoms with Gasteiger partial charge in [-0.15, -0.1) is 0 Å². The largest absolute Gasteiger partial charge is 0.323 e. The number of halogens is 1. The number of hydrazone groups is 1. The minimum atomic E-state index is 0.747. The summed E-state index contributed by atoms with van der Waals surface area (Å²) in [7, 11) is 0. The Hall–Kier alpha value is -0.900. The van der Waals surface area contributed by atoms with E-state index in [9.17, 15) is 0 Å². The van der Waals surface area contributed by atoms with Crippen molar-refractivity contribution in [3.63, 3.8) is 0 Å². The lowest BCUT2D eigenvalue weighted by molar-refractivity contribution is 1.22. The fourth-order valence-electron chi connectivity index (χ4n) is 0.572. The summed E-state index contributed by atoms with van der Waals surface area (Å²) >= 11 is 3.22. The van der Waals surface area contributed by atoms with Crippen molar-refractivity contribution in [1.29, 1.82) is 0 Å². The van der Waals surface area contributed by atoms with Gasteiger partial charge < -0.3 is 5.84 Å². The van der Waals surface area contributed by atoms with E-state index in [-0.39, 0.29) is 0 Å². The van der Waals surface area contributed by atoms with E-state index in [1.807, 2.05) is 18.2 Å². The number of aromatic nitrogens is 1. The molecule has 52 valence electrons. The number of pyridine rings is 1. The highest BCUT2D eigenvalue weighted by molar-refractivity contribution is 9.10. The van der Waals surface area contributed by atoms with Crippen LogP contribution in [0.25, 0.3) is 0 Å². The first-order valence-corrected chi connectivity index (χ1v) is 3.48. The van der Waals surface area contributed by atoms with Gasteiger partial charge in [0, 0.05) is 0 Å². The topological polar surface area (TPSA) is 51.3 Å². The lowest BCUT2D eigenvalue weighted by atomic mass is 10.4. The molecule has 0 bridgehead atoms. The van der Waals surface area contributed by atoms with E-state index in [0.717, 1.165) is 10.3 Å². The molecule has 3 nitrogen and oxygen atoms in total. The quantitative estimate of drug-likeness (QED) is 0.320. The zero-order chi connectivity index (χ0) is 7.40. The summed E-state index contributed by atoms with van der Waals surface area (Å²) in [5, 5.41) is 3.34. The van der Waals surface area contributed by atoms with Gasteiger partial charge in [0.1, 0.15) is 4.60 Å². The molecule has 0 radical (unpaired) electrons. The summed E-state index contributed by atoms with van der Waals surface area (Å²) < 4.78 is 0.782. The van der Waals surface area contributed by atoms with Crippen molar-refractivity contribution in [2.75, 3.05) is 0 Å². The van der Waals surface area contributed by atoms with E-state index < -0.39 is 0 Å². The second kappa shape index (κ2) is 3.31. The van der Waals surface area contributed by atoms with Gasteiger partial charge in [-0.1, -0.05) is 6.07 Å².